The second-order valence-corrected chi connectivity index (χ2v) is 13.0. The Kier molecular flexibility index (Phi) is 9.65. The molecule has 0 unspecified atom stereocenters. The van der Waals surface area contributed by atoms with Crippen molar-refractivity contribution in [3.8, 4) is 16.6 Å². The summed E-state index contributed by atoms with van der Waals surface area (Å²) in [5.41, 5.74) is 2.49. The highest BCUT2D eigenvalue weighted by Gasteiger charge is 2.32. The van der Waals surface area contributed by atoms with E-state index in [1.54, 1.807) is 35.4 Å². The molecule has 2 N–H and O–H groups in total. The van der Waals surface area contributed by atoms with Gasteiger partial charge in [0.25, 0.3) is 18.2 Å². The van der Waals surface area contributed by atoms with Crippen LogP contribution in [0.5, 0.6) is 0 Å². The highest BCUT2D eigenvalue weighted by Crippen LogP contribution is 2.30. The van der Waals surface area contributed by atoms with Crippen molar-refractivity contribution in [1.29, 1.82) is 5.26 Å². The predicted octanol–water partition coefficient (Wildman–Crippen LogP) is 5.65. The van der Waals surface area contributed by atoms with Gasteiger partial charge < -0.3 is 14.8 Å². The van der Waals surface area contributed by atoms with E-state index < -0.39 is 13.0 Å². The number of nitrogens with zero attached hydrogens (tertiary/aromatic N) is 6. The number of benzene rings is 1. The number of amides is 2. The zero-order valence-corrected chi connectivity index (χ0v) is 26.1. The van der Waals surface area contributed by atoms with Crippen LogP contribution in [-0.4, -0.2) is 62.0 Å². The van der Waals surface area contributed by atoms with Crippen LogP contribution in [0.15, 0.2) is 60.3 Å². The third-order valence-corrected chi connectivity index (χ3v) is 8.39. The number of fused-ring (bicyclic) bond motifs is 1. The summed E-state index contributed by atoms with van der Waals surface area (Å²) in [5, 5.41) is 23.5. The molecule has 5 rings (SSSR count). The van der Waals surface area contributed by atoms with E-state index in [4.69, 9.17) is 4.98 Å². The van der Waals surface area contributed by atoms with Crippen LogP contribution in [-0.2, 0) is 17.9 Å². The summed E-state index contributed by atoms with van der Waals surface area (Å²) in [5.74, 6) is -0.371. The lowest BCUT2D eigenvalue weighted by Crippen LogP contribution is -2.39. The molecule has 45 heavy (non-hydrogen) atoms. The molecule has 1 atom stereocenters. The number of hydrogen-bond acceptors (Lipinski definition) is 8. The normalized spacial score (nSPS) is 15.5. The van der Waals surface area contributed by atoms with Crippen LogP contribution < -0.4 is 10.6 Å². The van der Waals surface area contributed by atoms with E-state index in [1.807, 2.05) is 49.6 Å². The second kappa shape index (κ2) is 13.6. The number of allylic oxidation sites excluding steroid dienone is 1. The van der Waals surface area contributed by atoms with Crippen molar-refractivity contribution < 1.29 is 18.4 Å². The van der Waals surface area contributed by atoms with E-state index in [-0.39, 0.29) is 35.4 Å². The molecule has 1 fully saturated rings. The highest BCUT2D eigenvalue weighted by atomic mass is 32.1. The van der Waals surface area contributed by atoms with Gasteiger partial charge in [0.1, 0.15) is 17.3 Å². The minimum Gasteiger partial charge on any atom is -0.333 e. The molecule has 0 bridgehead atoms. The van der Waals surface area contributed by atoms with E-state index >= 15 is 0 Å². The smallest absolute Gasteiger partial charge is 0.268 e. The largest absolute Gasteiger partial charge is 0.333 e. The predicted molar refractivity (Wildman–Crippen MR) is 169 cm³/mol. The van der Waals surface area contributed by atoms with E-state index in [0.717, 1.165) is 28.8 Å². The third kappa shape index (κ3) is 7.76. The van der Waals surface area contributed by atoms with Gasteiger partial charge in [0.05, 0.1) is 33.4 Å². The molecule has 4 aromatic rings. The van der Waals surface area contributed by atoms with Gasteiger partial charge in [-0.2, -0.15) is 10.4 Å². The number of rotatable bonds is 10. The van der Waals surface area contributed by atoms with Crippen molar-refractivity contribution in [3.63, 3.8) is 0 Å². The van der Waals surface area contributed by atoms with Gasteiger partial charge in [-0.1, -0.05) is 32.9 Å². The van der Waals surface area contributed by atoms with Gasteiger partial charge in [-0.25, -0.2) is 13.8 Å². The monoisotopic (exact) mass is 632 g/mol. The molecule has 10 nitrogen and oxygen atoms in total. The lowest BCUT2D eigenvalue weighted by atomic mass is 9.93. The number of nitrogens with one attached hydrogen (secondary N) is 2. The molecule has 1 saturated heterocycles. The first kappa shape index (κ1) is 31.9. The first-order valence-electron chi connectivity index (χ1n) is 14.6. The van der Waals surface area contributed by atoms with Crippen molar-refractivity contribution in [2.75, 3.05) is 18.4 Å². The average Bonchev–Trinajstić information content (AvgIpc) is 3.75. The lowest BCUT2D eigenvalue weighted by molar-refractivity contribution is -0.127. The molecule has 0 spiro atoms. The molecule has 4 heterocycles. The summed E-state index contributed by atoms with van der Waals surface area (Å²) < 4.78 is 27.2. The number of alkyl halides is 2. The fraction of sp³-hybridized carbons (Fsp3) is 0.375. The van der Waals surface area contributed by atoms with Crippen LogP contribution in [0.25, 0.3) is 21.6 Å². The van der Waals surface area contributed by atoms with Gasteiger partial charge in [-0.3, -0.25) is 14.9 Å². The van der Waals surface area contributed by atoms with E-state index in [0.29, 0.717) is 35.1 Å². The molecule has 1 aliphatic heterocycles. The molecule has 234 valence electrons. The Bertz CT molecular complexity index is 1750. The maximum Gasteiger partial charge on any atom is 0.268 e. The minimum absolute atomic E-state index is 0.107. The van der Waals surface area contributed by atoms with Crippen molar-refractivity contribution in [2.45, 2.75) is 59.2 Å². The topological polar surface area (TPSA) is 129 Å². The number of hydrogen-bond donors (Lipinski definition) is 2. The van der Waals surface area contributed by atoms with Crippen molar-refractivity contribution in [2.24, 2.45) is 5.41 Å². The van der Waals surface area contributed by atoms with Gasteiger partial charge in [0, 0.05) is 25.8 Å². The summed E-state index contributed by atoms with van der Waals surface area (Å²) in [4.78, 5) is 34.6. The number of imidazole rings is 1. The fourth-order valence-corrected chi connectivity index (χ4v) is 6.18. The van der Waals surface area contributed by atoms with Crippen LogP contribution in [0.2, 0.25) is 0 Å². The highest BCUT2D eigenvalue weighted by molar-refractivity contribution is 7.17. The molecule has 13 heteroatoms. The van der Waals surface area contributed by atoms with Gasteiger partial charge in [0.2, 0.25) is 5.95 Å². The van der Waals surface area contributed by atoms with Crippen LogP contribution in [0.3, 0.4) is 0 Å². The van der Waals surface area contributed by atoms with E-state index in [1.165, 1.54) is 11.3 Å². The maximum atomic E-state index is 13.5. The maximum absolute atomic E-state index is 13.5. The molecule has 3 aromatic heterocycles. The summed E-state index contributed by atoms with van der Waals surface area (Å²) >= 11 is 1.28. The fourth-order valence-electron chi connectivity index (χ4n) is 5.32. The summed E-state index contributed by atoms with van der Waals surface area (Å²) in [6.07, 6.45) is 2.31. The van der Waals surface area contributed by atoms with Gasteiger partial charge in [-0.05, 0) is 60.2 Å². The Morgan fingerprint density at radius 1 is 1.22 bits per heavy atom. The third-order valence-electron chi connectivity index (χ3n) is 7.28. The Morgan fingerprint density at radius 3 is 2.76 bits per heavy atom. The summed E-state index contributed by atoms with van der Waals surface area (Å²) in [6.45, 7) is 6.47. The van der Waals surface area contributed by atoms with Crippen LogP contribution in [0.4, 0.5) is 14.7 Å². The number of thiophene rings is 1. The number of carbonyl (C=O) groups excluding carboxylic acids is 2. The first-order valence-corrected chi connectivity index (χ1v) is 15.5. The van der Waals surface area contributed by atoms with Crippen LogP contribution >= 0.6 is 11.3 Å². The Labute approximate surface area is 263 Å². The van der Waals surface area contributed by atoms with Crippen molar-refractivity contribution in [3.05, 3.63) is 70.8 Å². The minimum atomic E-state index is -2.46. The zero-order valence-electron chi connectivity index (χ0n) is 25.3. The molecule has 0 saturated carbocycles. The number of nitriles is 1. The molecule has 2 amide bonds. The van der Waals surface area contributed by atoms with Crippen LogP contribution in [0.1, 0.15) is 48.8 Å². The summed E-state index contributed by atoms with van der Waals surface area (Å²) in [6, 6.07) is 14.4. The van der Waals surface area contributed by atoms with E-state index in [2.05, 4.69) is 26.9 Å². The standard InChI is InChI=1S/C32H34F2N8O2S/c1-32(2,3)15-21(16-35)30(44)41-13-5-6-22(41)19-42-25-9-8-20(17-36-18-28(33)34)14-24(25)38-31(42)39-29(43)27-11-10-26(45-27)23-7-4-12-37-40-23/h4,7-12,14-15,22,28,36H,5-6,13,17-19H2,1-3H3,(H,38,39,43)/b21-15+/t22-/m1/s1. The molecule has 1 aliphatic rings. The SMILES string of the molecule is CC(C)(C)/C=C(\C#N)C(=O)N1CCC[C@@H]1Cn1c(NC(=O)c2ccc(-c3cccnn3)s2)nc2cc(CNCC(F)F)ccc21. The lowest BCUT2D eigenvalue weighted by Gasteiger charge is -2.26. The second-order valence-electron chi connectivity index (χ2n) is 11.9. The Morgan fingerprint density at radius 2 is 2.04 bits per heavy atom. The van der Waals surface area contributed by atoms with E-state index in [9.17, 15) is 23.6 Å². The summed E-state index contributed by atoms with van der Waals surface area (Å²) in [7, 11) is 0. The van der Waals surface area contributed by atoms with Gasteiger partial charge in [0.15, 0.2) is 0 Å². The molecular weight excluding hydrogens is 598 g/mol. The van der Waals surface area contributed by atoms with Crippen molar-refractivity contribution in [1.82, 2.24) is 30.0 Å². The quantitative estimate of drug-likeness (QED) is 0.171. The Balaban J connectivity index is 1.45. The molecule has 0 aliphatic carbocycles. The first-order chi connectivity index (χ1) is 21.5. The number of halogens is 2. The number of carbonyl (C=O) groups is 2. The number of likely N-dealkylation sites (tertiary alicyclic amines) is 1. The van der Waals surface area contributed by atoms with Gasteiger partial charge in [-0.15, -0.1) is 16.4 Å². The average molecular weight is 633 g/mol. The Hall–Kier alpha value is -4.54. The molecular formula is C32H34F2N8O2S. The zero-order chi connectivity index (χ0) is 32.1. The molecule has 0 radical (unpaired) electrons. The van der Waals surface area contributed by atoms with Gasteiger partial charge >= 0.3 is 0 Å². The van der Waals surface area contributed by atoms with Crippen LogP contribution in [0, 0.1) is 16.7 Å². The molecule has 1 aromatic carbocycles. The van der Waals surface area contributed by atoms with Crippen molar-refractivity contribution >= 4 is 40.1 Å². The number of aromatic nitrogens is 4. The number of anilines is 1.